The highest BCUT2D eigenvalue weighted by molar-refractivity contribution is 5.71. The van der Waals surface area contributed by atoms with Gasteiger partial charge in [-0.2, -0.15) is 13.2 Å². The Morgan fingerprint density at radius 3 is 2.31 bits per heavy atom. The molecule has 0 saturated carbocycles. The molecule has 0 radical (unpaired) electrons. The Balaban J connectivity index is 4.13. The maximum atomic E-state index is 12.0. The van der Waals surface area contributed by atoms with Crippen molar-refractivity contribution in [1.82, 2.24) is 4.90 Å². The van der Waals surface area contributed by atoms with Gasteiger partial charge in [0.25, 0.3) is 0 Å². The molecular formula is C10H18F3NO2. The van der Waals surface area contributed by atoms with Gasteiger partial charge < -0.3 is 4.74 Å². The van der Waals surface area contributed by atoms with Crippen molar-refractivity contribution in [3.63, 3.8) is 0 Å². The Bertz CT molecular complexity index is 217. The van der Waals surface area contributed by atoms with Crippen LogP contribution in [0.25, 0.3) is 0 Å². The first-order chi connectivity index (χ1) is 7.26. The number of carbonyl (C=O) groups excluding carboxylic acids is 1. The number of rotatable bonds is 6. The number of alkyl halides is 3. The van der Waals surface area contributed by atoms with Crippen molar-refractivity contribution in [2.45, 2.75) is 39.4 Å². The first kappa shape index (κ1) is 15.2. The number of hydrogen-bond donors (Lipinski definition) is 0. The first-order valence-electron chi connectivity index (χ1n) is 5.22. The number of esters is 1. The highest BCUT2D eigenvalue weighted by atomic mass is 19.4. The van der Waals surface area contributed by atoms with E-state index < -0.39 is 18.6 Å². The number of nitrogens with zero attached hydrogens (tertiary/aromatic N) is 1. The molecule has 0 heterocycles. The van der Waals surface area contributed by atoms with Gasteiger partial charge in [-0.3, -0.25) is 9.69 Å². The zero-order valence-electron chi connectivity index (χ0n) is 9.80. The summed E-state index contributed by atoms with van der Waals surface area (Å²) in [5.41, 5.74) is 0. The molecule has 0 spiro atoms. The first-order valence-corrected chi connectivity index (χ1v) is 5.22. The Morgan fingerprint density at radius 2 is 1.94 bits per heavy atom. The van der Waals surface area contributed by atoms with Crippen LogP contribution in [0.15, 0.2) is 0 Å². The van der Waals surface area contributed by atoms with E-state index in [1.165, 1.54) is 4.90 Å². The van der Waals surface area contributed by atoms with E-state index in [2.05, 4.69) is 0 Å². The van der Waals surface area contributed by atoms with Crippen LogP contribution in [-0.2, 0) is 9.53 Å². The van der Waals surface area contributed by atoms with Crippen LogP contribution >= 0.6 is 0 Å². The lowest BCUT2D eigenvalue weighted by atomic mass is 10.3. The number of ether oxygens (including phenoxy) is 1. The second-order valence-corrected chi connectivity index (χ2v) is 3.73. The van der Waals surface area contributed by atoms with Gasteiger partial charge in [-0.25, -0.2) is 0 Å². The Morgan fingerprint density at radius 1 is 1.38 bits per heavy atom. The smallest absolute Gasteiger partial charge is 0.390 e. The average molecular weight is 241 g/mol. The van der Waals surface area contributed by atoms with Gasteiger partial charge in [0.2, 0.25) is 0 Å². The molecule has 0 aromatic carbocycles. The van der Waals surface area contributed by atoms with E-state index in [4.69, 9.17) is 4.74 Å². The van der Waals surface area contributed by atoms with Gasteiger partial charge in [0.1, 0.15) is 0 Å². The molecule has 0 amide bonds. The van der Waals surface area contributed by atoms with Crippen LogP contribution in [0.3, 0.4) is 0 Å². The fraction of sp³-hybridized carbons (Fsp3) is 0.900. The normalized spacial score (nSPS) is 12.2. The van der Waals surface area contributed by atoms with Crippen LogP contribution in [0.5, 0.6) is 0 Å². The van der Waals surface area contributed by atoms with Crippen molar-refractivity contribution in [2.24, 2.45) is 0 Å². The third kappa shape index (κ3) is 7.50. The molecule has 6 heteroatoms. The van der Waals surface area contributed by atoms with Crippen molar-refractivity contribution in [1.29, 1.82) is 0 Å². The predicted octanol–water partition coefficient (Wildman–Crippen LogP) is 2.21. The van der Waals surface area contributed by atoms with Crippen LogP contribution in [0.2, 0.25) is 0 Å². The Hall–Kier alpha value is -0.780. The fourth-order valence-corrected chi connectivity index (χ4v) is 1.16. The number of halogens is 3. The summed E-state index contributed by atoms with van der Waals surface area (Å²) in [6, 6.07) is -0.119. The van der Waals surface area contributed by atoms with E-state index >= 15 is 0 Å². The molecule has 16 heavy (non-hydrogen) atoms. The molecule has 0 fully saturated rings. The zero-order chi connectivity index (χ0) is 12.8. The number of carbonyl (C=O) groups is 1. The molecular weight excluding hydrogens is 223 g/mol. The van der Waals surface area contributed by atoms with Gasteiger partial charge >= 0.3 is 12.1 Å². The quantitative estimate of drug-likeness (QED) is 0.668. The van der Waals surface area contributed by atoms with Gasteiger partial charge in [0, 0.05) is 12.6 Å². The van der Waals surface area contributed by atoms with Crippen molar-refractivity contribution >= 4 is 5.97 Å². The van der Waals surface area contributed by atoms with E-state index in [0.29, 0.717) is 0 Å². The van der Waals surface area contributed by atoms with E-state index in [9.17, 15) is 18.0 Å². The van der Waals surface area contributed by atoms with Gasteiger partial charge in [-0.1, -0.05) is 0 Å². The third-order valence-corrected chi connectivity index (χ3v) is 2.05. The topological polar surface area (TPSA) is 29.5 Å². The molecule has 96 valence electrons. The highest BCUT2D eigenvalue weighted by Gasteiger charge is 2.28. The van der Waals surface area contributed by atoms with Crippen molar-refractivity contribution < 1.29 is 22.7 Å². The van der Waals surface area contributed by atoms with Gasteiger partial charge in [-0.05, 0) is 20.8 Å². The molecule has 0 aromatic rings. The summed E-state index contributed by atoms with van der Waals surface area (Å²) in [5, 5.41) is 0. The molecule has 0 N–H and O–H groups in total. The standard InChI is InChI=1S/C10H18F3NO2/c1-4-16-9(15)7-14(8(2)3)6-5-10(11,12)13/h8H,4-7H2,1-3H3. The van der Waals surface area contributed by atoms with Crippen molar-refractivity contribution in [2.75, 3.05) is 19.7 Å². The van der Waals surface area contributed by atoms with E-state index in [-0.39, 0.29) is 25.7 Å². The highest BCUT2D eigenvalue weighted by Crippen LogP contribution is 2.20. The van der Waals surface area contributed by atoms with Crippen LogP contribution in [0.1, 0.15) is 27.2 Å². The summed E-state index contributed by atoms with van der Waals surface area (Å²) < 4.78 is 40.8. The Kier molecular flexibility index (Phi) is 6.40. The average Bonchev–Trinajstić information content (AvgIpc) is 2.10. The summed E-state index contributed by atoms with van der Waals surface area (Å²) in [6.07, 6.45) is -5.10. The van der Waals surface area contributed by atoms with E-state index in [1.54, 1.807) is 20.8 Å². The van der Waals surface area contributed by atoms with Crippen LogP contribution in [0.4, 0.5) is 13.2 Å². The van der Waals surface area contributed by atoms with Gasteiger partial charge in [0.15, 0.2) is 0 Å². The van der Waals surface area contributed by atoms with Crippen LogP contribution < -0.4 is 0 Å². The molecule has 0 aromatic heterocycles. The van der Waals surface area contributed by atoms with Crippen molar-refractivity contribution in [3.05, 3.63) is 0 Å². The second-order valence-electron chi connectivity index (χ2n) is 3.73. The number of hydrogen-bond acceptors (Lipinski definition) is 3. The second kappa shape index (κ2) is 6.73. The summed E-state index contributed by atoms with van der Waals surface area (Å²) >= 11 is 0. The summed E-state index contributed by atoms with van der Waals surface area (Å²) in [5.74, 6) is -0.488. The maximum Gasteiger partial charge on any atom is 0.390 e. The maximum absolute atomic E-state index is 12.0. The Labute approximate surface area is 93.6 Å². The van der Waals surface area contributed by atoms with Gasteiger partial charge in [-0.15, -0.1) is 0 Å². The minimum atomic E-state index is -4.19. The molecule has 0 aliphatic carbocycles. The summed E-state index contributed by atoms with van der Waals surface area (Å²) in [7, 11) is 0. The van der Waals surface area contributed by atoms with Crippen LogP contribution in [-0.4, -0.2) is 42.8 Å². The molecule has 0 bridgehead atoms. The lowest BCUT2D eigenvalue weighted by molar-refractivity contribution is -0.150. The van der Waals surface area contributed by atoms with E-state index in [1.807, 2.05) is 0 Å². The molecule has 0 atom stereocenters. The SMILES string of the molecule is CCOC(=O)CN(CCC(F)(F)F)C(C)C. The van der Waals surface area contributed by atoms with E-state index in [0.717, 1.165) is 0 Å². The lowest BCUT2D eigenvalue weighted by Crippen LogP contribution is -2.38. The third-order valence-electron chi connectivity index (χ3n) is 2.05. The summed E-state index contributed by atoms with van der Waals surface area (Å²) in [6.45, 7) is 5.12. The fourth-order valence-electron chi connectivity index (χ4n) is 1.16. The predicted molar refractivity (Wildman–Crippen MR) is 54.0 cm³/mol. The minimum Gasteiger partial charge on any atom is -0.465 e. The molecule has 0 aliphatic rings. The zero-order valence-corrected chi connectivity index (χ0v) is 9.80. The van der Waals surface area contributed by atoms with Gasteiger partial charge in [0.05, 0.1) is 19.6 Å². The monoisotopic (exact) mass is 241 g/mol. The molecule has 0 unspecified atom stereocenters. The molecule has 0 aliphatic heterocycles. The molecule has 3 nitrogen and oxygen atoms in total. The van der Waals surface area contributed by atoms with Crippen LogP contribution in [0, 0.1) is 0 Å². The minimum absolute atomic E-state index is 0.0956. The lowest BCUT2D eigenvalue weighted by Gasteiger charge is -2.25. The largest absolute Gasteiger partial charge is 0.465 e. The van der Waals surface area contributed by atoms with Crippen molar-refractivity contribution in [3.8, 4) is 0 Å². The summed E-state index contributed by atoms with van der Waals surface area (Å²) in [4.78, 5) is 12.6. The molecule has 0 saturated heterocycles. The molecule has 0 rings (SSSR count).